The first-order chi connectivity index (χ1) is 7.93. The van der Waals surface area contributed by atoms with Crippen LogP contribution in [0.2, 0.25) is 0 Å². The molecule has 92 valence electrons. The second-order valence-electron chi connectivity index (χ2n) is 3.40. The molecule has 0 aromatic heterocycles. The molecule has 0 radical (unpaired) electrons. The molecule has 0 N–H and O–H groups in total. The monoisotopic (exact) mass is 303 g/mol. The van der Waals surface area contributed by atoms with Crippen LogP contribution in [0.3, 0.4) is 0 Å². The lowest BCUT2D eigenvalue weighted by Crippen LogP contribution is -2.32. The van der Waals surface area contributed by atoms with Crippen LogP contribution in [-0.2, 0) is 9.53 Å². The molecule has 0 aliphatic rings. The molecule has 0 atom stereocenters. The van der Waals surface area contributed by atoms with Crippen molar-refractivity contribution in [2.75, 3.05) is 20.7 Å². The summed E-state index contributed by atoms with van der Waals surface area (Å²) in [6, 6.07) is 3.84. The summed E-state index contributed by atoms with van der Waals surface area (Å²) in [7, 11) is 2.68. The van der Waals surface area contributed by atoms with Gasteiger partial charge in [0.15, 0.2) is 0 Å². The Morgan fingerprint density at radius 3 is 2.59 bits per heavy atom. The van der Waals surface area contributed by atoms with E-state index in [-0.39, 0.29) is 12.1 Å². The van der Waals surface area contributed by atoms with Crippen molar-refractivity contribution >= 4 is 27.8 Å². The van der Waals surface area contributed by atoms with Crippen molar-refractivity contribution in [3.63, 3.8) is 0 Å². The van der Waals surface area contributed by atoms with Crippen LogP contribution >= 0.6 is 15.9 Å². The smallest absolute Gasteiger partial charge is 0.325 e. The summed E-state index contributed by atoms with van der Waals surface area (Å²) in [4.78, 5) is 24.0. The van der Waals surface area contributed by atoms with Gasteiger partial charge in [-0.3, -0.25) is 9.59 Å². The van der Waals surface area contributed by atoms with E-state index in [9.17, 15) is 14.0 Å². The normalized spacial score (nSPS) is 9.88. The standard InChI is InChI=1S/C11H11BrFNO3/c1-14(6-10(15)17-2)11(16)7-3-8(12)5-9(13)4-7/h3-5H,6H2,1-2H3. The van der Waals surface area contributed by atoms with Gasteiger partial charge in [-0.2, -0.15) is 0 Å². The summed E-state index contributed by atoms with van der Waals surface area (Å²) in [6.45, 7) is -0.177. The van der Waals surface area contributed by atoms with Crippen LogP contribution in [-0.4, -0.2) is 37.5 Å². The molecule has 0 aliphatic heterocycles. The van der Waals surface area contributed by atoms with Crippen LogP contribution in [0, 0.1) is 5.82 Å². The zero-order chi connectivity index (χ0) is 13.0. The van der Waals surface area contributed by atoms with Crippen molar-refractivity contribution in [1.82, 2.24) is 4.90 Å². The molecule has 1 amide bonds. The first-order valence-electron chi connectivity index (χ1n) is 4.72. The van der Waals surface area contributed by atoms with Crippen molar-refractivity contribution < 1.29 is 18.7 Å². The van der Waals surface area contributed by atoms with Gasteiger partial charge in [0.2, 0.25) is 0 Å². The summed E-state index contributed by atoms with van der Waals surface area (Å²) < 4.78 is 18.0. The van der Waals surface area contributed by atoms with E-state index in [0.717, 1.165) is 11.0 Å². The van der Waals surface area contributed by atoms with Gasteiger partial charge in [-0.05, 0) is 18.2 Å². The predicted octanol–water partition coefficient (Wildman–Crippen LogP) is 1.83. The molecule has 0 bridgehead atoms. The third kappa shape index (κ3) is 3.81. The van der Waals surface area contributed by atoms with Crippen LogP contribution in [0.25, 0.3) is 0 Å². The minimum atomic E-state index is -0.531. The number of esters is 1. The van der Waals surface area contributed by atoms with E-state index in [2.05, 4.69) is 20.7 Å². The maximum atomic E-state index is 13.1. The van der Waals surface area contributed by atoms with E-state index in [1.807, 2.05) is 0 Å². The molecule has 1 aromatic rings. The number of benzene rings is 1. The highest BCUT2D eigenvalue weighted by Crippen LogP contribution is 2.16. The van der Waals surface area contributed by atoms with E-state index in [4.69, 9.17) is 0 Å². The molecule has 0 fully saturated rings. The fourth-order valence-electron chi connectivity index (χ4n) is 1.23. The molecule has 0 saturated carbocycles. The first kappa shape index (κ1) is 13.6. The number of hydrogen-bond donors (Lipinski definition) is 0. The van der Waals surface area contributed by atoms with E-state index in [1.165, 1.54) is 26.3 Å². The third-order valence-electron chi connectivity index (χ3n) is 2.05. The number of rotatable bonds is 3. The van der Waals surface area contributed by atoms with Gasteiger partial charge in [-0.25, -0.2) is 4.39 Å². The van der Waals surface area contributed by atoms with Crippen LogP contribution < -0.4 is 0 Å². The average molecular weight is 304 g/mol. The number of likely N-dealkylation sites (N-methyl/N-ethyl adjacent to an activating group) is 1. The maximum absolute atomic E-state index is 13.1. The Hall–Kier alpha value is -1.43. The fourth-order valence-corrected chi connectivity index (χ4v) is 1.69. The molecule has 4 nitrogen and oxygen atoms in total. The number of carbonyl (C=O) groups excluding carboxylic acids is 2. The highest BCUT2D eigenvalue weighted by Gasteiger charge is 2.16. The number of nitrogens with zero attached hydrogens (tertiary/aromatic N) is 1. The summed E-state index contributed by atoms with van der Waals surface area (Å²) in [5.74, 6) is -1.50. The van der Waals surface area contributed by atoms with Gasteiger partial charge in [0.1, 0.15) is 12.4 Å². The molecule has 0 aliphatic carbocycles. The van der Waals surface area contributed by atoms with Gasteiger partial charge in [-0.1, -0.05) is 15.9 Å². The number of ether oxygens (including phenoxy) is 1. The number of carbonyl (C=O) groups is 2. The summed E-state index contributed by atoms with van der Waals surface area (Å²) >= 11 is 3.09. The number of methoxy groups -OCH3 is 1. The number of amides is 1. The average Bonchev–Trinajstić information content (AvgIpc) is 2.26. The maximum Gasteiger partial charge on any atom is 0.325 e. The highest BCUT2D eigenvalue weighted by atomic mass is 79.9. The van der Waals surface area contributed by atoms with Gasteiger partial charge in [0.05, 0.1) is 7.11 Å². The number of halogens is 2. The van der Waals surface area contributed by atoms with E-state index >= 15 is 0 Å². The minimum absolute atomic E-state index is 0.170. The predicted molar refractivity (Wildman–Crippen MR) is 63.1 cm³/mol. The van der Waals surface area contributed by atoms with Crippen LogP contribution in [0.5, 0.6) is 0 Å². The summed E-state index contributed by atoms with van der Waals surface area (Å²) in [6.07, 6.45) is 0. The van der Waals surface area contributed by atoms with Gasteiger partial charge >= 0.3 is 5.97 Å². The van der Waals surface area contributed by atoms with Gasteiger partial charge < -0.3 is 9.64 Å². The van der Waals surface area contributed by atoms with Gasteiger partial charge in [-0.15, -0.1) is 0 Å². The Kier molecular flexibility index (Phi) is 4.62. The largest absolute Gasteiger partial charge is 0.468 e. The molecule has 17 heavy (non-hydrogen) atoms. The van der Waals surface area contributed by atoms with Gasteiger partial charge in [0, 0.05) is 17.1 Å². The Labute approximate surface area is 106 Å². The number of hydrogen-bond acceptors (Lipinski definition) is 3. The second kappa shape index (κ2) is 5.77. The molecule has 1 rings (SSSR count). The Bertz CT molecular complexity index is 430. The molecule has 0 saturated heterocycles. The minimum Gasteiger partial charge on any atom is -0.468 e. The van der Waals surface area contributed by atoms with Crippen LogP contribution in [0.1, 0.15) is 10.4 Å². The third-order valence-corrected chi connectivity index (χ3v) is 2.51. The van der Waals surface area contributed by atoms with Crippen molar-refractivity contribution in [2.45, 2.75) is 0 Å². The first-order valence-corrected chi connectivity index (χ1v) is 5.51. The Balaban J connectivity index is 2.85. The van der Waals surface area contributed by atoms with Crippen LogP contribution in [0.4, 0.5) is 4.39 Å². The second-order valence-corrected chi connectivity index (χ2v) is 4.31. The molecule has 0 spiro atoms. The summed E-state index contributed by atoms with van der Waals surface area (Å²) in [5, 5.41) is 0. The Morgan fingerprint density at radius 2 is 2.06 bits per heavy atom. The molecule has 0 heterocycles. The van der Waals surface area contributed by atoms with Gasteiger partial charge in [0.25, 0.3) is 5.91 Å². The molecule has 0 unspecified atom stereocenters. The Morgan fingerprint density at radius 1 is 1.41 bits per heavy atom. The molecule has 6 heteroatoms. The lowest BCUT2D eigenvalue weighted by atomic mass is 10.2. The van der Waals surface area contributed by atoms with Crippen molar-refractivity contribution in [3.05, 3.63) is 34.1 Å². The quantitative estimate of drug-likeness (QED) is 0.801. The fraction of sp³-hybridized carbons (Fsp3) is 0.273. The zero-order valence-corrected chi connectivity index (χ0v) is 11.0. The van der Waals surface area contributed by atoms with Crippen LogP contribution in [0.15, 0.2) is 22.7 Å². The molecular formula is C11H11BrFNO3. The van der Waals surface area contributed by atoms with E-state index in [0.29, 0.717) is 4.47 Å². The lowest BCUT2D eigenvalue weighted by Gasteiger charge is -2.15. The van der Waals surface area contributed by atoms with Crippen molar-refractivity contribution in [1.29, 1.82) is 0 Å². The van der Waals surface area contributed by atoms with Crippen molar-refractivity contribution in [3.8, 4) is 0 Å². The highest BCUT2D eigenvalue weighted by molar-refractivity contribution is 9.10. The summed E-state index contributed by atoms with van der Waals surface area (Å²) in [5.41, 5.74) is 0.170. The molecular weight excluding hydrogens is 293 g/mol. The molecule has 1 aromatic carbocycles. The SMILES string of the molecule is COC(=O)CN(C)C(=O)c1cc(F)cc(Br)c1. The van der Waals surface area contributed by atoms with E-state index < -0.39 is 17.7 Å². The van der Waals surface area contributed by atoms with Crippen molar-refractivity contribution in [2.24, 2.45) is 0 Å². The topological polar surface area (TPSA) is 46.6 Å². The zero-order valence-electron chi connectivity index (χ0n) is 9.37. The lowest BCUT2D eigenvalue weighted by molar-refractivity contribution is -0.141. The van der Waals surface area contributed by atoms with E-state index in [1.54, 1.807) is 0 Å².